The Kier molecular flexibility index (Phi) is 9.95. The third kappa shape index (κ3) is 7.94. The summed E-state index contributed by atoms with van der Waals surface area (Å²) in [5.41, 5.74) is 3.27. The maximum absolute atomic E-state index is 12.7. The topological polar surface area (TPSA) is 76.1 Å². The Morgan fingerprint density at radius 3 is 2.03 bits per heavy atom. The first kappa shape index (κ1) is 27.4. The summed E-state index contributed by atoms with van der Waals surface area (Å²) in [6.07, 6.45) is 5.24. The van der Waals surface area contributed by atoms with Gasteiger partial charge < -0.3 is 14.6 Å². The number of carboxylic acid groups (broad SMARTS) is 1. The van der Waals surface area contributed by atoms with Gasteiger partial charge in [0.2, 0.25) is 0 Å². The number of aryl methyl sites for hydroxylation is 2. The number of ether oxygens (including phenoxy) is 2. The van der Waals surface area contributed by atoms with Crippen LogP contribution in [0.25, 0.3) is 6.08 Å². The number of nitrogens with zero attached hydrogens (tertiary/aromatic N) is 1. The number of thioether (sulfide) groups is 1. The number of carboxylic acids is 1. The maximum atomic E-state index is 12.7. The van der Waals surface area contributed by atoms with Crippen LogP contribution in [0.4, 0.5) is 0 Å². The summed E-state index contributed by atoms with van der Waals surface area (Å²) in [4.78, 5) is 25.2. The number of rotatable bonds is 13. The molecule has 1 N–H and O–H groups in total. The molecule has 1 saturated heterocycles. The Labute approximate surface area is 232 Å². The standard InChI is InChI=1S/C30H29NO5S2/c32-28(33)21-31-29(34)27(38-30(31)37)20-24-15-16-25(35-17-7-13-22-9-3-1-4-10-22)26(19-24)36-18-8-14-23-11-5-2-6-12-23/h1-6,9-12,15-16,19-20H,7-8,13-14,17-18,21H2,(H,32,33). The summed E-state index contributed by atoms with van der Waals surface area (Å²) in [6.45, 7) is 0.607. The van der Waals surface area contributed by atoms with Gasteiger partial charge >= 0.3 is 5.97 Å². The molecule has 0 bridgehead atoms. The molecule has 6 nitrogen and oxygen atoms in total. The highest BCUT2D eigenvalue weighted by Gasteiger charge is 2.33. The lowest BCUT2D eigenvalue weighted by Gasteiger charge is -2.14. The second-order valence-corrected chi connectivity index (χ2v) is 10.4. The van der Waals surface area contributed by atoms with Crippen LogP contribution >= 0.6 is 24.0 Å². The van der Waals surface area contributed by atoms with Crippen LogP contribution in [-0.2, 0) is 22.4 Å². The van der Waals surface area contributed by atoms with E-state index in [-0.39, 0.29) is 4.32 Å². The third-order valence-corrected chi connectivity index (χ3v) is 7.23. The van der Waals surface area contributed by atoms with E-state index in [9.17, 15) is 9.59 Å². The van der Waals surface area contributed by atoms with Crippen molar-refractivity contribution in [3.63, 3.8) is 0 Å². The second kappa shape index (κ2) is 13.8. The lowest BCUT2D eigenvalue weighted by molar-refractivity contribution is -0.140. The SMILES string of the molecule is O=C(O)CN1C(=O)C(=Cc2ccc(OCCCc3ccccc3)c(OCCCc3ccccc3)c2)SC1=S. The minimum Gasteiger partial charge on any atom is -0.490 e. The summed E-state index contributed by atoms with van der Waals surface area (Å²) in [7, 11) is 0. The Morgan fingerprint density at radius 2 is 1.45 bits per heavy atom. The molecule has 1 aliphatic rings. The fourth-order valence-electron chi connectivity index (χ4n) is 3.98. The van der Waals surface area contributed by atoms with Gasteiger partial charge in [0.05, 0.1) is 18.1 Å². The molecular weight excluding hydrogens is 518 g/mol. The van der Waals surface area contributed by atoms with Gasteiger partial charge in [0.15, 0.2) is 11.5 Å². The first-order chi connectivity index (χ1) is 18.5. The van der Waals surface area contributed by atoms with Crippen LogP contribution in [-0.4, -0.2) is 46.0 Å². The van der Waals surface area contributed by atoms with E-state index in [1.165, 1.54) is 11.1 Å². The van der Waals surface area contributed by atoms with Gasteiger partial charge in [-0.1, -0.05) is 90.7 Å². The van der Waals surface area contributed by atoms with Gasteiger partial charge in [0.1, 0.15) is 10.9 Å². The molecule has 0 radical (unpaired) electrons. The lowest BCUT2D eigenvalue weighted by atomic mass is 10.1. The average molecular weight is 548 g/mol. The smallest absolute Gasteiger partial charge is 0.323 e. The summed E-state index contributed by atoms with van der Waals surface area (Å²) in [6, 6.07) is 26.1. The highest BCUT2D eigenvalue weighted by Crippen LogP contribution is 2.35. The van der Waals surface area contributed by atoms with Crippen molar-refractivity contribution >= 4 is 46.3 Å². The van der Waals surface area contributed by atoms with Gasteiger partial charge in [0, 0.05) is 0 Å². The van der Waals surface area contributed by atoms with Crippen molar-refractivity contribution in [2.75, 3.05) is 19.8 Å². The Bertz CT molecular complexity index is 1290. The van der Waals surface area contributed by atoms with Gasteiger partial charge in [0.25, 0.3) is 5.91 Å². The summed E-state index contributed by atoms with van der Waals surface area (Å²) < 4.78 is 12.5. The van der Waals surface area contributed by atoms with E-state index >= 15 is 0 Å². The van der Waals surface area contributed by atoms with Crippen LogP contribution in [0.15, 0.2) is 83.8 Å². The molecule has 1 amide bonds. The van der Waals surface area contributed by atoms with Crippen molar-refractivity contribution < 1.29 is 24.2 Å². The maximum Gasteiger partial charge on any atom is 0.323 e. The molecule has 4 rings (SSSR count). The number of hydrogen-bond donors (Lipinski definition) is 1. The van der Waals surface area contributed by atoms with E-state index in [1.54, 1.807) is 6.08 Å². The monoisotopic (exact) mass is 547 g/mol. The van der Waals surface area contributed by atoms with Crippen LogP contribution < -0.4 is 9.47 Å². The zero-order chi connectivity index (χ0) is 26.7. The molecule has 1 fully saturated rings. The summed E-state index contributed by atoms with van der Waals surface area (Å²) >= 11 is 6.30. The van der Waals surface area contributed by atoms with Gasteiger partial charge in [-0.2, -0.15) is 0 Å². The molecule has 1 heterocycles. The zero-order valence-corrected chi connectivity index (χ0v) is 22.5. The number of amides is 1. The van der Waals surface area contributed by atoms with Crippen molar-refractivity contribution in [2.45, 2.75) is 25.7 Å². The molecule has 0 unspecified atom stereocenters. The number of carbonyl (C=O) groups excluding carboxylic acids is 1. The van der Waals surface area contributed by atoms with E-state index in [1.807, 2.05) is 54.6 Å². The molecule has 3 aromatic carbocycles. The molecule has 8 heteroatoms. The van der Waals surface area contributed by atoms with E-state index in [0.717, 1.165) is 47.9 Å². The highest BCUT2D eigenvalue weighted by molar-refractivity contribution is 8.26. The van der Waals surface area contributed by atoms with Gasteiger partial charge in [-0.3, -0.25) is 14.5 Å². The average Bonchev–Trinajstić information content (AvgIpc) is 3.18. The number of benzene rings is 3. The van der Waals surface area contributed by atoms with Gasteiger partial charge in [-0.15, -0.1) is 0 Å². The van der Waals surface area contributed by atoms with E-state index < -0.39 is 18.4 Å². The number of thiocarbonyl (C=S) groups is 1. The highest BCUT2D eigenvalue weighted by atomic mass is 32.2. The normalized spacial score (nSPS) is 14.2. The van der Waals surface area contributed by atoms with E-state index in [4.69, 9.17) is 26.8 Å². The fourth-order valence-corrected chi connectivity index (χ4v) is 5.23. The van der Waals surface area contributed by atoms with Crippen molar-refractivity contribution in [3.8, 4) is 11.5 Å². The summed E-state index contributed by atoms with van der Waals surface area (Å²) in [5, 5.41) is 9.07. The molecule has 38 heavy (non-hydrogen) atoms. The largest absolute Gasteiger partial charge is 0.490 e. The molecule has 0 aliphatic carbocycles. The predicted octanol–water partition coefficient (Wildman–Crippen LogP) is 6.00. The molecule has 1 aliphatic heterocycles. The van der Waals surface area contributed by atoms with Crippen molar-refractivity contribution in [3.05, 3.63) is 100 Å². The Balaban J connectivity index is 1.43. The minimum absolute atomic E-state index is 0.236. The van der Waals surface area contributed by atoms with Crippen LogP contribution in [0.3, 0.4) is 0 Å². The van der Waals surface area contributed by atoms with Crippen LogP contribution in [0.5, 0.6) is 11.5 Å². The number of hydrogen-bond acceptors (Lipinski definition) is 6. The fraction of sp³-hybridized carbons (Fsp3) is 0.233. The Morgan fingerprint density at radius 1 is 0.868 bits per heavy atom. The molecule has 3 aromatic rings. The third-order valence-electron chi connectivity index (χ3n) is 5.85. The minimum atomic E-state index is -1.11. The molecule has 0 aromatic heterocycles. The van der Waals surface area contributed by atoms with Crippen molar-refractivity contribution in [1.29, 1.82) is 0 Å². The van der Waals surface area contributed by atoms with Crippen molar-refractivity contribution in [1.82, 2.24) is 4.90 Å². The zero-order valence-electron chi connectivity index (χ0n) is 20.9. The van der Waals surface area contributed by atoms with E-state index in [2.05, 4.69) is 24.3 Å². The van der Waals surface area contributed by atoms with Crippen molar-refractivity contribution in [2.24, 2.45) is 0 Å². The van der Waals surface area contributed by atoms with Crippen LogP contribution in [0.2, 0.25) is 0 Å². The van der Waals surface area contributed by atoms with Crippen LogP contribution in [0, 0.1) is 0 Å². The molecule has 0 atom stereocenters. The molecule has 0 spiro atoms. The van der Waals surface area contributed by atoms with Gasteiger partial charge in [-0.05, 0) is 60.6 Å². The van der Waals surface area contributed by atoms with Crippen LogP contribution in [0.1, 0.15) is 29.5 Å². The Hall–Kier alpha value is -3.62. The quantitative estimate of drug-likeness (QED) is 0.160. The first-order valence-corrected chi connectivity index (χ1v) is 13.7. The summed E-state index contributed by atoms with van der Waals surface area (Å²) in [5.74, 6) is -0.266. The number of aliphatic carboxylic acids is 1. The molecular formula is C30H29NO5S2. The molecule has 196 valence electrons. The predicted molar refractivity (Wildman–Crippen MR) is 154 cm³/mol. The number of carbonyl (C=O) groups is 2. The second-order valence-electron chi connectivity index (χ2n) is 8.74. The lowest BCUT2D eigenvalue weighted by Crippen LogP contribution is -2.33. The molecule has 0 saturated carbocycles. The first-order valence-electron chi connectivity index (χ1n) is 12.4. The van der Waals surface area contributed by atoms with E-state index in [0.29, 0.717) is 29.6 Å². The van der Waals surface area contributed by atoms with Gasteiger partial charge in [-0.25, -0.2) is 0 Å².